The number of thiol groups is 1. The number of hydrogen-bond acceptors (Lipinski definition) is 3. The summed E-state index contributed by atoms with van der Waals surface area (Å²) < 4.78 is 4.87. The zero-order chi connectivity index (χ0) is 8.43. The van der Waals surface area contributed by atoms with Crippen molar-refractivity contribution in [1.29, 1.82) is 0 Å². The molecule has 0 aromatic heterocycles. The van der Waals surface area contributed by atoms with Crippen LogP contribution in [0.1, 0.15) is 20.3 Å². The van der Waals surface area contributed by atoms with Crippen molar-refractivity contribution in [3.63, 3.8) is 0 Å². The summed E-state index contributed by atoms with van der Waals surface area (Å²) in [6.07, 6.45) is 0.881. The van der Waals surface area contributed by atoms with Gasteiger partial charge in [0, 0.05) is 5.25 Å². The highest BCUT2D eigenvalue weighted by molar-refractivity contribution is 7.81. The fourth-order valence-electron chi connectivity index (χ4n) is 1.21. The van der Waals surface area contributed by atoms with E-state index in [-0.39, 0.29) is 11.2 Å². The Morgan fingerprint density at radius 3 is 2.73 bits per heavy atom. The van der Waals surface area contributed by atoms with Gasteiger partial charge >= 0.3 is 5.97 Å². The van der Waals surface area contributed by atoms with Crippen LogP contribution in [-0.4, -0.2) is 17.8 Å². The molecule has 1 heterocycles. The molecule has 0 aromatic carbocycles. The van der Waals surface area contributed by atoms with Gasteiger partial charge in [0.2, 0.25) is 0 Å². The van der Waals surface area contributed by atoms with Crippen molar-refractivity contribution in [1.82, 2.24) is 0 Å². The third kappa shape index (κ3) is 1.59. The van der Waals surface area contributed by atoms with E-state index >= 15 is 0 Å². The first-order chi connectivity index (χ1) is 5.16. The van der Waals surface area contributed by atoms with Gasteiger partial charge in [-0.2, -0.15) is 12.6 Å². The van der Waals surface area contributed by atoms with Crippen LogP contribution < -0.4 is 0 Å². The Bertz CT molecular complexity index is 206. The molecule has 62 valence electrons. The topological polar surface area (TPSA) is 26.3 Å². The van der Waals surface area contributed by atoms with E-state index in [9.17, 15) is 4.79 Å². The van der Waals surface area contributed by atoms with Crippen LogP contribution in [0.5, 0.6) is 0 Å². The molecule has 0 saturated heterocycles. The summed E-state index contributed by atoms with van der Waals surface area (Å²) in [7, 11) is 0. The Labute approximate surface area is 72.0 Å². The summed E-state index contributed by atoms with van der Waals surface area (Å²) in [4.78, 5) is 11.1. The Hall–Kier alpha value is -0.440. The van der Waals surface area contributed by atoms with Gasteiger partial charge in [-0.25, -0.2) is 4.79 Å². The summed E-state index contributed by atoms with van der Waals surface area (Å²) >= 11 is 4.21. The van der Waals surface area contributed by atoms with E-state index in [0.717, 1.165) is 17.6 Å². The predicted octanol–water partition coefficient (Wildman–Crippen LogP) is 1.57. The number of carbonyl (C=O) groups excluding carboxylic acids is 1. The summed E-state index contributed by atoms with van der Waals surface area (Å²) in [6, 6.07) is 0. The molecule has 0 N–H and O–H groups in total. The zero-order valence-electron chi connectivity index (χ0n) is 6.76. The van der Waals surface area contributed by atoms with Crippen molar-refractivity contribution < 1.29 is 9.53 Å². The van der Waals surface area contributed by atoms with E-state index in [1.54, 1.807) is 0 Å². The van der Waals surface area contributed by atoms with Crippen LogP contribution in [-0.2, 0) is 9.53 Å². The molecule has 0 saturated carbocycles. The molecular weight excluding hydrogens is 160 g/mol. The standard InChI is InChI=1S/C8H12O2S/c1-3-6-4-10-8(9)7(6)5(2)11/h5,11H,3-4H2,1-2H3. The minimum Gasteiger partial charge on any atom is -0.458 e. The monoisotopic (exact) mass is 172 g/mol. The van der Waals surface area contributed by atoms with E-state index in [0.29, 0.717) is 6.61 Å². The fraction of sp³-hybridized carbons (Fsp3) is 0.625. The molecule has 1 aliphatic heterocycles. The van der Waals surface area contributed by atoms with Gasteiger partial charge in [0.15, 0.2) is 0 Å². The number of ether oxygens (including phenoxy) is 1. The van der Waals surface area contributed by atoms with E-state index in [1.165, 1.54) is 0 Å². The first kappa shape index (κ1) is 8.65. The molecular formula is C8H12O2S. The quantitative estimate of drug-likeness (QED) is 0.505. The maximum absolute atomic E-state index is 11.1. The molecule has 0 aliphatic carbocycles. The van der Waals surface area contributed by atoms with Crippen LogP contribution in [0.25, 0.3) is 0 Å². The van der Waals surface area contributed by atoms with Gasteiger partial charge in [0.05, 0.1) is 5.57 Å². The molecule has 0 amide bonds. The van der Waals surface area contributed by atoms with Crippen molar-refractivity contribution in [3.8, 4) is 0 Å². The molecule has 2 nitrogen and oxygen atoms in total. The molecule has 3 heteroatoms. The molecule has 0 bridgehead atoms. The predicted molar refractivity (Wildman–Crippen MR) is 46.7 cm³/mol. The van der Waals surface area contributed by atoms with Gasteiger partial charge in [-0.05, 0) is 18.9 Å². The zero-order valence-corrected chi connectivity index (χ0v) is 7.65. The second-order valence-corrected chi connectivity index (χ2v) is 3.40. The largest absolute Gasteiger partial charge is 0.458 e. The first-order valence-corrected chi connectivity index (χ1v) is 4.25. The van der Waals surface area contributed by atoms with Crippen LogP contribution in [0.15, 0.2) is 11.1 Å². The highest BCUT2D eigenvalue weighted by Crippen LogP contribution is 2.23. The number of rotatable bonds is 2. The number of esters is 1. The maximum atomic E-state index is 11.1. The lowest BCUT2D eigenvalue weighted by molar-refractivity contribution is -0.136. The Kier molecular flexibility index (Phi) is 2.60. The molecule has 0 spiro atoms. The van der Waals surface area contributed by atoms with E-state index in [2.05, 4.69) is 12.6 Å². The Morgan fingerprint density at radius 2 is 2.36 bits per heavy atom. The third-order valence-electron chi connectivity index (χ3n) is 1.82. The molecule has 0 fully saturated rings. The lowest BCUT2D eigenvalue weighted by atomic mass is 10.1. The summed E-state index contributed by atoms with van der Waals surface area (Å²) in [5, 5.41) is -0.0000463. The molecule has 1 atom stereocenters. The van der Waals surface area contributed by atoms with Crippen LogP contribution in [0.4, 0.5) is 0 Å². The van der Waals surface area contributed by atoms with Crippen molar-refractivity contribution in [2.45, 2.75) is 25.5 Å². The second-order valence-electron chi connectivity index (χ2n) is 2.62. The first-order valence-electron chi connectivity index (χ1n) is 3.74. The lowest BCUT2D eigenvalue weighted by Crippen LogP contribution is -2.07. The minimum atomic E-state index is -0.190. The van der Waals surface area contributed by atoms with Gasteiger partial charge in [-0.15, -0.1) is 0 Å². The molecule has 1 rings (SSSR count). The van der Waals surface area contributed by atoms with Crippen LogP contribution in [0, 0.1) is 0 Å². The highest BCUT2D eigenvalue weighted by atomic mass is 32.1. The molecule has 11 heavy (non-hydrogen) atoms. The number of cyclic esters (lactones) is 1. The van der Waals surface area contributed by atoms with Gasteiger partial charge in [-0.3, -0.25) is 0 Å². The van der Waals surface area contributed by atoms with E-state index < -0.39 is 0 Å². The van der Waals surface area contributed by atoms with Crippen molar-refractivity contribution >= 4 is 18.6 Å². The van der Waals surface area contributed by atoms with Crippen molar-refractivity contribution in [2.24, 2.45) is 0 Å². The van der Waals surface area contributed by atoms with Crippen molar-refractivity contribution in [3.05, 3.63) is 11.1 Å². The Morgan fingerprint density at radius 1 is 1.73 bits per heavy atom. The lowest BCUT2D eigenvalue weighted by Gasteiger charge is -2.02. The van der Waals surface area contributed by atoms with Gasteiger partial charge in [-0.1, -0.05) is 6.92 Å². The smallest absolute Gasteiger partial charge is 0.335 e. The summed E-state index contributed by atoms with van der Waals surface area (Å²) in [5.74, 6) is -0.190. The molecule has 0 aromatic rings. The summed E-state index contributed by atoms with van der Waals surface area (Å²) in [6.45, 7) is 4.38. The third-order valence-corrected chi connectivity index (χ3v) is 2.08. The van der Waals surface area contributed by atoms with Crippen LogP contribution >= 0.6 is 12.6 Å². The SMILES string of the molecule is CCC1=C(C(C)S)C(=O)OC1. The minimum absolute atomic E-state index is 0.0000463. The average molecular weight is 172 g/mol. The highest BCUT2D eigenvalue weighted by Gasteiger charge is 2.25. The van der Waals surface area contributed by atoms with Gasteiger partial charge < -0.3 is 4.74 Å². The van der Waals surface area contributed by atoms with E-state index in [4.69, 9.17) is 4.74 Å². The van der Waals surface area contributed by atoms with Crippen LogP contribution in [0.3, 0.4) is 0 Å². The van der Waals surface area contributed by atoms with E-state index in [1.807, 2.05) is 13.8 Å². The van der Waals surface area contributed by atoms with Crippen LogP contribution in [0.2, 0.25) is 0 Å². The molecule has 1 aliphatic rings. The van der Waals surface area contributed by atoms with Gasteiger partial charge in [0.1, 0.15) is 6.61 Å². The average Bonchev–Trinajstić information content (AvgIpc) is 2.30. The summed E-state index contributed by atoms with van der Waals surface area (Å²) in [5.41, 5.74) is 1.85. The molecule has 1 unspecified atom stereocenters. The second kappa shape index (κ2) is 3.30. The molecule has 0 radical (unpaired) electrons. The number of carbonyl (C=O) groups is 1. The number of hydrogen-bond donors (Lipinski definition) is 1. The Balaban J connectivity index is 2.90. The van der Waals surface area contributed by atoms with Gasteiger partial charge in [0.25, 0.3) is 0 Å². The maximum Gasteiger partial charge on any atom is 0.335 e. The fourth-order valence-corrected chi connectivity index (χ4v) is 1.50. The van der Waals surface area contributed by atoms with Crippen molar-refractivity contribution in [2.75, 3.05) is 6.61 Å². The normalized spacial score (nSPS) is 20.5.